The molecule has 0 saturated heterocycles. The number of hydrogen-bond donors (Lipinski definition) is 0. The lowest BCUT2D eigenvalue weighted by Crippen LogP contribution is -1.90. The molecule has 0 saturated carbocycles. The third-order valence-electron chi connectivity index (χ3n) is 3.71. The molecule has 0 fully saturated rings. The van der Waals surface area contributed by atoms with E-state index < -0.39 is 0 Å². The number of aromatic nitrogens is 2. The van der Waals surface area contributed by atoms with Gasteiger partial charge in [-0.3, -0.25) is 0 Å². The Kier molecular flexibility index (Phi) is 2.79. The van der Waals surface area contributed by atoms with Gasteiger partial charge in [0.15, 0.2) is 0 Å². The minimum atomic E-state index is -0.215. The Balaban J connectivity index is 1.87. The molecule has 0 spiro atoms. The van der Waals surface area contributed by atoms with Crippen LogP contribution in [-0.2, 0) is 6.54 Å². The van der Waals surface area contributed by atoms with Crippen LogP contribution in [0.1, 0.15) is 6.92 Å². The summed E-state index contributed by atoms with van der Waals surface area (Å²) in [6.07, 6.45) is 2.10. The van der Waals surface area contributed by atoms with Crippen molar-refractivity contribution in [1.29, 1.82) is 0 Å². The molecule has 4 heteroatoms. The minimum absolute atomic E-state index is 0.215. The zero-order valence-electron chi connectivity index (χ0n) is 11.5. The summed E-state index contributed by atoms with van der Waals surface area (Å²) in [7, 11) is 0. The van der Waals surface area contributed by atoms with Crippen molar-refractivity contribution in [1.82, 2.24) is 9.55 Å². The summed E-state index contributed by atoms with van der Waals surface area (Å²) in [6.45, 7) is 3.10. The molecule has 0 aliphatic heterocycles. The van der Waals surface area contributed by atoms with E-state index in [1.165, 1.54) is 28.3 Å². The number of hydrogen-bond acceptors (Lipinski definition) is 2. The summed E-state index contributed by atoms with van der Waals surface area (Å²) in [5, 5.41) is 2.14. The Bertz CT molecular complexity index is 952. The molecule has 2 aromatic heterocycles. The summed E-state index contributed by atoms with van der Waals surface area (Å²) in [6, 6.07) is 13.2. The highest BCUT2D eigenvalue weighted by Gasteiger charge is 2.09. The van der Waals surface area contributed by atoms with Crippen LogP contribution in [0.5, 0.6) is 0 Å². The molecular formula is C17H13FN2S. The second kappa shape index (κ2) is 4.67. The maximum Gasteiger partial charge on any atom is 0.124 e. The predicted octanol–water partition coefficient (Wildman–Crippen LogP) is 5.08. The lowest BCUT2D eigenvalue weighted by molar-refractivity contribution is 0.630. The number of aryl methyl sites for hydroxylation is 1. The monoisotopic (exact) mass is 296 g/mol. The van der Waals surface area contributed by atoms with Crippen LogP contribution in [0.15, 0.2) is 48.7 Å². The average molecular weight is 296 g/mol. The third kappa shape index (κ3) is 2.03. The standard InChI is InChI=1S/C17H13FN2S/c1-2-20-8-7-11-9-12(3-6-15(11)20)17-19-14-5-4-13(18)10-16(14)21-17/h3-10H,2H2,1H3. The highest BCUT2D eigenvalue weighted by atomic mass is 32.1. The Hall–Kier alpha value is -2.20. The van der Waals surface area contributed by atoms with Gasteiger partial charge < -0.3 is 4.57 Å². The van der Waals surface area contributed by atoms with Crippen molar-refractivity contribution in [3.63, 3.8) is 0 Å². The highest BCUT2D eigenvalue weighted by molar-refractivity contribution is 7.21. The number of rotatable bonds is 2. The highest BCUT2D eigenvalue weighted by Crippen LogP contribution is 2.32. The van der Waals surface area contributed by atoms with Gasteiger partial charge in [-0.2, -0.15) is 0 Å². The van der Waals surface area contributed by atoms with Crippen molar-refractivity contribution in [2.75, 3.05) is 0 Å². The van der Waals surface area contributed by atoms with Gasteiger partial charge in [0.1, 0.15) is 10.8 Å². The van der Waals surface area contributed by atoms with E-state index in [0.29, 0.717) is 0 Å². The number of thiazole rings is 1. The van der Waals surface area contributed by atoms with E-state index in [9.17, 15) is 4.39 Å². The van der Waals surface area contributed by atoms with E-state index >= 15 is 0 Å². The maximum absolute atomic E-state index is 13.3. The van der Waals surface area contributed by atoms with Crippen LogP contribution in [0, 0.1) is 5.82 Å². The van der Waals surface area contributed by atoms with Crippen LogP contribution in [0.25, 0.3) is 31.7 Å². The summed E-state index contributed by atoms with van der Waals surface area (Å²) >= 11 is 1.53. The SMILES string of the molecule is CCn1ccc2cc(-c3nc4ccc(F)cc4s3)ccc21. The second-order valence-corrected chi connectivity index (χ2v) is 6.04. The molecule has 0 radical (unpaired) electrons. The maximum atomic E-state index is 13.3. The molecule has 0 amide bonds. The molecule has 2 nitrogen and oxygen atoms in total. The molecule has 0 aliphatic rings. The molecule has 21 heavy (non-hydrogen) atoms. The van der Waals surface area contributed by atoms with Gasteiger partial charge in [-0.05, 0) is 49.4 Å². The topological polar surface area (TPSA) is 17.8 Å². The van der Waals surface area contributed by atoms with E-state index in [0.717, 1.165) is 27.3 Å². The van der Waals surface area contributed by atoms with Crippen LogP contribution in [-0.4, -0.2) is 9.55 Å². The molecule has 104 valence electrons. The summed E-state index contributed by atoms with van der Waals surface area (Å²) in [4.78, 5) is 4.60. The van der Waals surface area contributed by atoms with Crippen LogP contribution in [0.4, 0.5) is 4.39 Å². The quantitative estimate of drug-likeness (QED) is 0.504. The number of benzene rings is 2. The van der Waals surface area contributed by atoms with Gasteiger partial charge in [-0.25, -0.2) is 9.37 Å². The molecule has 0 bridgehead atoms. The van der Waals surface area contributed by atoms with Crippen molar-refractivity contribution in [3.05, 3.63) is 54.5 Å². The van der Waals surface area contributed by atoms with E-state index in [1.54, 1.807) is 12.1 Å². The van der Waals surface area contributed by atoms with Gasteiger partial charge in [0.2, 0.25) is 0 Å². The molecule has 0 N–H and O–H groups in total. The van der Waals surface area contributed by atoms with E-state index in [2.05, 4.69) is 46.9 Å². The summed E-state index contributed by atoms with van der Waals surface area (Å²) in [5.41, 5.74) is 3.16. The first-order valence-electron chi connectivity index (χ1n) is 6.90. The van der Waals surface area contributed by atoms with Gasteiger partial charge in [0.05, 0.1) is 10.2 Å². The first-order chi connectivity index (χ1) is 10.2. The van der Waals surface area contributed by atoms with E-state index in [4.69, 9.17) is 0 Å². The molecule has 4 rings (SSSR count). The first kappa shape index (κ1) is 12.5. The zero-order valence-corrected chi connectivity index (χ0v) is 12.3. The van der Waals surface area contributed by atoms with Crippen molar-refractivity contribution in [2.24, 2.45) is 0 Å². The van der Waals surface area contributed by atoms with Gasteiger partial charge in [-0.15, -0.1) is 11.3 Å². The lowest BCUT2D eigenvalue weighted by atomic mass is 10.1. The Morgan fingerprint density at radius 3 is 2.90 bits per heavy atom. The molecule has 0 atom stereocenters. The van der Waals surface area contributed by atoms with Gasteiger partial charge >= 0.3 is 0 Å². The normalized spacial score (nSPS) is 11.5. The molecule has 2 aromatic carbocycles. The van der Waals surface area contributed by atoms with Crippen molar-refractivity contribution < 1.29 is 4.39 Å². The second-order valence-electron chi connectivity index (χ2n) is 5.01. The van der Waals surface area contributed by atoms with E-state index in [-0.39, 0.29) is 5.82 Å². The van der Waals surface area contributed by atoms with Crippen molar-refractivity contribution in [3.8, 4) is 10.6 Å². The van der Waals surface area contributed by atoms with Crippen LogP contribution < -0.4 is 0 Å². The van der Waals surface area contributed by atoms with E-state index in [1.807, 2.05) is 0 Å². The number of nitrogens with zero attached hydrogens (tertiary/aromatic N) is 2. The van der Waals surface area contributed by atoms with Gasteiger partial charge in [0, 0.05) is 29.2 Å². The van der Waals surface area contributed by atoms with Gasteiger partial charge in [0.25, 0.3) is 0 Å². The molecule has 4 aromatic rings. The third-order valence-corrected chi connectivity index (χ3v) is 4.78. The number of halogens is 1. The van der Waals surface area contributed by atoms with Crippen LogP contribution in [0.3, 0.4) is 0 Å². The smallest absolute Gasteiger partial charge is 0.124 e. The molecule has 0 unspecified atom stereocenters. The Morgan fingerprint density at radius 2 is 2.05 bits per heavy atom. The summed E-state index contributed by atoms with van der Waals surface area (Å²) in [5.74, 6) is -0.215. The molecule has 2 heterocycles. The predicted molar refractivity (Wildman–Crippen MR) is 86.2 cm³/mol. The largest absolute Gasteiger partial charge is 0.348 e. The van der Waals surface area contributed by atoms with Gasteiger partial charge in [-0.1, -0.05) is 0 Å². The fraction of sp³-hybridized carbons (Fsp3) is 0.118. The number of fused-ring (bicyclic) bond motifs is 2. The lowest BCUT2D eigenvalue weighted by Gasteiger charge is -2.01. The fourth-order valence-corrected chi connectivity index (χ4v) is 3.62. The molecule has 0 aliphatic carbocycles. The average Bonchev–Trinajstić information content (AvgIpc) is 3.09. The van der Waals surface area contributed by atoms with Crippen LogP contribution >= 0.6 is 11.3 Å². The minimum Gasteiger partial charge on any atom is -0.348 e. The summed E-state index contributed by atoms with van der Waals surface area (Å²) < 4.78 is 16.4. The van der Waals surface area contributed by atoms with Crippen molar-refractivity contribution >= 4 is 32.5 Å². The van der Waals surface area contributed by atoms with Crippen molar-refractivity contribution in [2.45, 2.75) is 13.5 Å². The molecular weight excluding hydrogens is 283 g/mol. The van der Waals surface area contributed by atoms with Crippen LogP contribution in [0.2, 0.25) is 0 Å². The Labute approximate surface area is 125 Å². The first-order valence-corrected chi connectivity index (χ1v) is 7.71. The Morgan fingerprint density at radius 1 is 1.14 bits per heavy atom. The fourth-order valence-electron chi connectivity index (χ4n) is 2.63. The zero-order chi connectivity index (χ0) is 14.4.